The molecule has 5 heteroatoms. The Kier molecular flexibility index (Phi) is 3.13. The van der Waals surface area contributed by atoms with Gasteiger partial charge in [-0.05, 0) is 12.1 Å². The van der Waals surface area contributed by atoms with Crippen molar-refractivity contribution in [2.45, 2.75) is 0 Å². The van der Waals surface area contributed by atoms with E-state index in [1.54, 1.807) is 6.07 Å². The van der Waals surface area contributed by atoms with Crippen molar-refractivity contribution in [1.82, 2.24) is 5.32 Å². The van der Waals surface area contributed by atoms with Gasteiger partial charge >= 0.3 is 0 Å². The fraction of sp³-hybridized carbons (Fsp3) is 0.111. The number of hydrogen-bond acceptors (Lipinski definition) is 2. The maximum Gasteiger partial charge on any atom is 0.252 e. The van der Waals surface area contributed by atoms with Crippen molar-refractivity contribution in [3.8, 4) is 6.07 Å². The number of benzene rings is 1. The summed E-state index contributed by atoms with van der Waals surface area (Å²) in [6.45, 7) is -0.197. The van der Waals surface area contributed by atoms with Crippen molar-refractivity contribution in [2.24, 2.45) is 0 Å². The molecule has 0 atom stereocenters. The number of rotatable bonds is 2. The number of nitrogens with zero attached hydrogens (tertiary/aromatic N) is 1. The molecule has 0 saturated heterocycles. The SMILES string of the molecule is N#CCNC(=O)c1cc(F)cc(F)c1. The van der Waals surface area contributed by atoms with Crippen LogP contribution in [0.3, 0.4) is 0 Å². The van der Waals surface area contributed by atoms with Crippen LogP contribution >= 0.6 is 0 Å². The number of carbonyl (C=O) groups excluding carboxylic acids is 1. The number of amides is 1. The molecule has 1 rings (SSSR count). The fourth-order valence-electron chi connectivity index (χ4n) is 0.907. The maximum atomic E-state index is 12.6. The third-order valence-electron chi connectivity index (χ3n) is 1.45. The largest absolute Gasteiger partial charge is 0.339 e. The smallest absolute Gasteiger partial charge is 0.252 e. The lowest BCUT2D eigenvalue weighted by atomic mass is 10.2. The number of halogens is 2. The summed E-state index contributed by atoms with van der Waals surface area (Å²) in [6.07, 6.45) is 0. The third kappa shape index (κ3) is 2.52. The minimum atomic E-state index is -0.827. The Morgan fingerprint density at radius 2 is 1.93 bits per heavy atom. The minimum Gasteiger partial charge on any atom is -0.339 e. The normalized spacial score (nSPS) is 9.21. The molecule has 0 aliphatic carbocycles. The van der Waals surface area contributed by atoms with Crippen LogP contribution in [0.25, 0.3) is 0 Å². The number of nitriles is 1. The second-order valence-corrected chi connectivity index (χ2v) is 2.50. The molecule has 1 amide bonds. The highest BCUT2D eigenvalue weighted by atomic mass is 19.1. The molecule has 0 aliphatic rings. The number of nitrogens with one attached hydrogen (secondary N) is 1. The topological polar surface area (TPSA) is 52.9 Å². The van der Waals surface area contributed by atoms with E-state index in [1.165, 1.54) is 0 Å². The molecule has 72 valence electrons. The first kappa shape index (κ1) is 10.1. The van der Waals surface area contributed by atoms with Gasteiger partial charge < -0.3 is 5.32 Å². The second kappa shape index (κ2) is 4.33. The highest BCUT2D eigenvalue weighted by Gasteiger charge is 2.07. The molecule has 0 aromatic heterocycles. The summed E-state index contributed by atoms with van der Waals surface area (Å²) >= 11 is 0. The summed E-state index contributed by atoms with van der Waals surface area (Å²) in [6, 6.07) is 4.14. The van der Waals surface area contributed by atoms with Crippen LogP contribution in [0.5, 0.6) is 0 Å². The van der Waals surface area contributed by atoms with Crippen LogP contribution in [0.1, 0.15) is 10.4 Å². The Labute approximate surface area is 79.0 Å². The van der Waals surface area contributed by atoms with E-state index in [0.717, 1.165) is 12.1 Å². The van der Waals surface area contributed by atoms with E-state index < -0.39 is 17.5 Å². The molecule has 0 spiro atoms. The molecule has 1 aromatic carbocycles. The molecule has 0 heterocycles. The molecule has 0 unspecified atom stereocenters. The molecule has 0 aliphatic heterocycles. The van der Waals surface area contributed by atoms with Gasteiger partial charge in [0.2, 0.25) is 0 Å². The lowest BCUT2D eigenvalue weighted by molar-refractivity contribution is 0.0957. The van der Waals surface area contributed by atoms with Gasteiger partial charge in [-0.15, -0.1) is 0 Å². The van der Waals surface area contributed by atoms with Gasteiger partial charge in [0, 0.05) is 11.6 Å². The Morgan fingerprint density at radius 3 is 2.43 bits per heavy atom. The lowest BCUT2D eigenvalue weighted by Gasteiger charge is -2.00. The van der Waals surface area contributed by atoms with Crippen molar-refractivity contribution in [1.29, 1.82) is 5.26 Å². The third-order valence-corrected chi connectivity index (χ3v) is 1.45. The van der Waals surface area contributed by atoms with Crippen LogP contribution in [-0.4, -0.2) is 12.5 Å². The Hall–Kier alpha value is -1.96. The van der Waals surface area contributed by atoms with Gasteiger partial charge in [0.15, 0.2) is 0 Å². The first-order valence-corrected chi connectivity index (χ1v) is 3.74. The van der Waals surface area contributed by atoms with Gasteiger partial charge in [0.1, 0.15) is 18.2 Å². The molecule has 0 bridgehead atoms. The fourth-order valence-corrected chi connectivity index (χ4v) is 0.907. The average Bonchev–Trinajstić information content (AvgIpc) is 2.12. The zero-order chi connectivity index (χ0) is 10.6. The standard InChI is InChI=1S/C9H6F2N2O/c10-7-3-6(4-8(11)5-7)9(14)13-2-1-12/h3-5H,2H2,(H,13,14). The van der Waals surface area contributed by atoms with Crippen LogP contribution in [0.15, 0.2) is 18.2 Å². The first-order chi connectivity index (χ1) is 6.63. The van der Waals surface area contributed by atoms with Crippen molar-refractivity contribution in [2.75, 3.05) is 6.54 Å². The minimum absolute atomic E-state index is 0.141. The molecule has 0 fully saturated rings. The molecule has 1 aromatic rings. The van der Waals surface area contributed by atoms with Gasteiger partial charge in [-0.3, -0.25) is 4.79 Å². The van der Waals surface area contributed by atoms with Gasteiger partial charge in [0.25, 0.3) is 5.91 Å². The summed E-state index contributed by atoms with van der Waals surface area (Å²) in [7, 11) is 0. The second-order valence-electron chi connectivity index (χ2n) is 2.50. The zero-order valence-electron chi connectivity index (χ0n) is 7.05. The molecular formula is C9H6F2N2O. The number of carbonyl (C=O) groups is 1. The monoisotopic (exact) mass is 196 g/mol. The predicted octanol–water partition coefficient (Wildman–Crippen LogP) is 1.22. The summed E-state index contributed by atoms with van der Waals surface area (Å²) in [4.78, 5) is 11.1. The van der Waals surface area contributed by atoms with Crippen LogP contribution in [0.4, 0.5) is 8.78 Å². The molecule has 0 saturated carbocycles. The van der Waals surface area contributed by atoms with Crippen molar-refractivity contribution in [3.63, 3.8) is 0 Å². The molecule has 0 radical (unpaired) electrons. The Morgan fingerprint density at radius 1 is 1.36 bits per heavy atom. The van der Waals surface area contributed by atoms with E-state index in [0.29, 0.717) is 6.07 Å². The lowest BCUT2D eigenvalue weighted by Crippen LogP contribution is -2.23. The zero-order valence-corrected chi connectivity index (χ0v) is 7.05. The average molecular weight is 196 g/mol. The molecule has 3 nitrogen and oxygen atoms in total. The maximum absolute atomic E-state index is 12.6. The molecule has 14 heavy (non-hydrogen) atoms. The van der Waals surface area contributed by atoms with Crippen LogP contribution < -0.4 is 5.32 Å². The van der Waals surface area contributed by atoms with Gasteiger partial charge in [-0.2, -0.15) is 5.26 Å². The number of hydrogen-bond donors (Lipinski definition) is 1. The first-order valence-electron chi connectivity index (χ1n) is 3.74. The Bertz CT molecular complexity index is 378. The van der Waals surface area contributed by atoms with Gasteiger partial charge in [-0.25, -0.2) is 8.78 Å². The van der Waals surface area contributed by atoms with E-state index in [4.69, 9.17) is 5.26 Å². The van der Waals surface area contributed by atoms with Crippen LogP contribution in [0.2, 0.25) is 0 Å². The quantitative estimate of drug-likeness (QED) is 0.723. The van der Waals surface area contributed by atoms with E-state index in [9.17, 15) is 13.6 Å². The van der Waals surface area contributed by atoms with E-state index in [-0.39, 0.29) is 12.1 Å². The predicted molar refractivity (Wildman–Crippen MR) is 44.3 cm³/mol. The van der Waals surface area contributed by atoms with E-state index in [1.807, 2.05) is 0 Å². The molecule has 1 N–H and O–H groups in total. The van der Waals surface area contributed by atoms with Crippen molar-refractivity contribution >= 4 is 5.91 Å². The van der Waals surface area contributed by atoms with Crippen molar-refractivity contribution < 1.29 is 13.6 Å². The van der Waals surface area contributed by atoms with Crippen LogP contribution in [-0.2, 0) is 0 Å². The summed E-state index contributed by atoms with van der Waals surface area (Å²) in [5.74, 6) is -2.33. The summed E-state index contributed by atoms with van der Waals surface area (Å²) in [5, 5.41) is 10.3. The Balaban J connectivity index is 2.85. The van der Waals surface area contributed by atoms with Crippen LogP contribution in [0, 0.1) is 23.0 Å². The highest BCUT2D eigenvalue weighted by molar-refractivity contribution is 5.94. The summed E-state index contributed by atoms with van der Waals surface area (Å²) in [5.41, 5.74) is -0.141. The van der Waals surface area contributed by atoms with Gasteiger partial charge in [0.05, 0.1) is 6.07 Å². The van der Waals surface area contributed by atoms with E-state index >= 15 is 0 Å². The van der Waals surface area contributed by atoms with Crippen molar-refractivity contribution in [3.05, 3.63) is 35.4 Å². The highest BCUT2D eigenvalue weighted by Crippen LogP contribution is 2.07. The van der Waals surface area contributed by atoms with Gasteiger partial charge in [-0.1, -0.05) is 0 Å². The molecular weight excluding hydrogens is 190 g/mol. The van der Waals surface area contributed by atoms with E-state index in [2.05, 4.69) is 5.32 Å². The summed E-state index contributed by atoms with van der Waals surface area (Å²) < 4.78 is 25.3.